The summed E-state index contributed by atoms with van der Waals surface area (Å²) in [6.07, 6.45) is 4.64. The van der Waals surface area contributed by atoms with Gasteiger partial charge in [-0.15, -0.1) is 0 Å². The van der Waals surface area contributed by atoms with Crippen molar-refractivity contribution in [3.05, 3.63) is 23.8 Å². The van der Waals surface area contributed by atoms with Crippen LogP contribution in [0.5, 0.6) is 11.5 Å². The molecular weight excluding hydrogens is 238 g/mol. The maximum Gasteiger partial charge on any atom is 0.127 e. The largest absolute Gasteiger partial charge is 0.497 e. The van der Waals surface area contributed by atoms with Crippen molar-refractivity contribution in [3.8, 4) is 11.5 Å². The van der Waals surface area contributed by atoms with Crippen molar-refractivity contribution in [1.82, 2.24) is 0 Å². The first-order valence-corrected chi connectivity index (χ1v) is 7.15. The highest BCUT2D eigenvalue weighted by Gasteiger charge is 2.21. The van der Waals surface area contributed by atoms with Gasteiger partial charge in [-0.05, 0) is 24.8 Å². The van der Waals surface area contributed by atoms with Gasteiger partial charge < -0.3 is 15.2 Å². The Labute approximate surface area is 117 Å². The fourth-order valence-electron chi connectivity index (χ4n) is 2.59. The number of hydrogen-bond donors (Lipinski definition) is 1. The number of methoxy groups -OCH3 is 2. The summed E-state index contributed by atoms with van der Waals surface area (Å²) in [4.78, 5) is 0. The normalized spacial score (nSPS) is 12.5. The Hall–Kier alpha value is -1.22. The van der Waals surface area contributed by atoms with Gasteiger partial charge in [-0.25, -0.2) is 0 Å². The van der Waals surface area contributed by atoms with E-state index in [1.807, 2.05) is 18.2 Å². The summed E-state index contributed by atoms with van der Waals surface area (Å²) in [6.45, 7) is 4.42. The first-order chi connectivity index (χ1) is 9.17. The Bertz CT molecular complexity index is 373. The molecule has 0 spiro atoms. The highest BCUT2D eigenvalue weighted by Crippen LogP contribution is 2.35. The van der Waals surface area contributed by atoms with Gasteiger partial charge in [0.2, 0.25) is 0 Å². The number of ether oxygens (including phenoxy) is 2. The maximum atomic E-state index is 6.46. The van der Waals surface area contributed by atoms with Gasteiger partial charge in [0, 0.05) is 17.7 Å². The highest BCUT2D eigenvalue weighted by molar-refractivity contribution is 5.42. The van der Waals surface area contributed by atoms with Crippen LogP contribution in [0.4, 0.5) is 0 Å². The zero-order valence-electron chi connectivity index (χ0n) is 12.6. The molecule has 0 amide bonds. The fraction of sp³-hybridized carbons (Fsp3) is 0.625. The monoisotopic (exact) mass is 265 g/mol. The van der Waals surface area contributed by atoms with Crippen LogP contribution in [0, 0.1) is 5.92 Å². The molecule has 0 radical (unpaired) electrons. The van der Waals surface area contributed by atoms with E-state index >= 15 is 0 Å². The van der Waals surface area contributed by atoms with Crippen LogP contribution in [-0.2, 0) is 0 Å². The molecule has 108 valence electrons. The highest BCUT2D eigenvalue weighted by atomic mass is 16.5. The average Bonchev–Trinajstić information content (AvgIpc) is 2.45. The molecule has 0 saturated carbocycles. The third-order valence-corrected chi connectivity index (χ3v) is 3.63. The van der Waals surface area contributed by atoms with E-state index in [4.69, 9.17) is 15.2 Å². The van der Waals surface area contributed by atoms with Crippen LogP contribution in [0.15, 0.2) is 18.2 Å². The molecule has 1 rings (SSSR count). The molecule has 0 heterocycles. The number of benzene rings is 1. The van der Waals surface area contributed by atoms with Crippen molar-refractivity contribution >= 4 is 0 Å². The maximum absolute atomic E-state index is 6.46. The lowest BCUT2D eigenvalue weighted by molar-refractivity contribution is 0.347. The van der Waals surface area contributed by atoms with Gasteiger partial charge in [0.15, 0.2) is 0 Å². The van der Waals surface area contributed by atoms with E-state index in [0.717, 1.165) is 42.7 Å². The molecule has 3 heteroatoms. The molecule has 0 saturated heterocycles. The van der Waals surface area contributed by atoms with E-state index in [0.29, 0.717) is 5.92 Å². The van der Waals surface area contributed by atoms with Crippen molar-refractivity contribution in [3.63, 3.8) is 0 Å². The Morgan fingerprint density at radius 3 is 2.16 bits per heavy atom. The lowest BCUT2D eigenvalue weighted by atomic mass is 9.86. The summed E-state index contributed by atoms with van der Waals surface area (Å²) in [7, 11) is 3.34. The van der Waals surface area contributed by atoms with Crippen molar-refractivity contribution in [2.45, 2.75) is 45.6 Å². The number of hydrogen-bond acceptors (Lipinski definition) is 3. The first kappa shape index (κ1) is 15.8. The second-order valence-electron chi connectivity index (χ2n) is 4.97. The van der Waals surface area contributed by atoms with Crippen LogP contribution in [0.2, 0.25) is 0 Å². The van der Waals surface area contributed by atoms with Crippen LogP contribution in [0.25, 0.3) is 0 Å². The summed E-state index contributed by atoms with van der Waals surface area (Å²) in [5, 5.41) is 0. The minimum absolute atomic E-state index is 0.0285. The van der Waals surface area contributed by atoms with Gasteiger partial charge in [-0.1, -0.05) is 32.8 Å². The van der Waals surface area contributed by atoms with Crippen LogP contribution in [-0.4, -0.2) is 14.2 Å². The van der Waals surface area contributed by atoms with Crippen LogP contribution in [0.3, 0.4) is 0 Å². The fourth-order valence-corrected chi connectivity index (χ4v) is 2.59. The summed E-state index contributed by atoms with van der Waals surface area (Å²) in [6, 6.07) is 5.91. The van der Waals surface area contributed by atoms with Gasteiger partial charge in [0.25, 0.3) is 0 Å². The van der Waals surface area contributed by atoms with E-state index < -0.39 is 0 Å². The summed E-state index contributed by atoms with van der Waals surface area (Å²) >= 11 is 0. The molecule has 1 aromatic rings. The molecule has 1 aromatic carbocycles. The number of nitrogens with two attached hydrogens (primary N) is 1. The topological polar surface area (TPSA) is 44.5 Å². The Kier molecular flexibility index (Phi) is 6.71. The third-order valence-electron chi connectivity index (χ3n) is 3.63. The zero-order valence-corrected chi connectivity index (χ0v) is 12.6. The molecule has 1 atom stereocenters. The minimum atomic E-state index is 0.0285. The average molecular weight is 265 g/mol. The van der Waals surface area contributed by atoms with E-state index in [1.54, 1.807) is 14.2 Å². The van der Waals surface area contributed by atoms with Gasteiger partial charge >= 0.3 is 0 Å². The smallest absolute Gasteiger partial charge is 0.127 e. The molecule has 0 aliphatic heterocycles. The van der Waals surface area contributed by atoms with Gasteiger partial charge in [0.1, 0.15) is 11.5 Å². The SMILES string of the molecule is CCCC(CCC)C(N)c1ccc(OC)cc1OC. The lowest BCUT2D eigenvalue weighted by Gasteiger charge is -2.25. The second-order valence-corrected chi connectivity index (χ2v) is 4.97. The van der Waals surface area contributed by atoms with Crippen LogP contribution >= 0.6 is 0 Å². The molecule has 0 fully saturated rings. The van der Waals surface area contributed by atoms with E-state index in [9.17, 15) is 0 Å². The predicted molar refractivity (Wildman–Crippen MR) is 79.8 cm³/mol. The second kappa shape index (κ2) is 8.05. The molecule has 2 N–H and O–H groups in total. The van der Waals surface area contributed by atoms with Gasteiger partial charge in [0.05, 0.1) is 14.2 Å². The molecule has 3 nitrogen and oxygen atoms in total. The summed E-state index contributed by atoms with van der Waals surface area (Å²) in [5.74, 6) is 2.14. The van der Waals surface area contributed by atoms with Gasteiger partial charge in [-0.3, -0.25) is 0 Å². The van der Waals surface area contributed by atoms with Crippen LogP contribution in [0.1, 0.15) is 51.1 Å². The van der Waals surface area contributed by atoms with E-state index in [2.05, 4.69) is 13.8 Å². The molecule has 0 aliphatic rings. The summed E-state index contributed by atoms with van der Waals surface area (Å²) < 4.78 is 10.7. The van der Waals surface area contributed by atoms with E-state index in [-0.39, 0.29) is 6.04 Å². The Balaban J connectivity index is 2.98. The van der Waals surface area contributed by atoms with Crippen molar-refractivity contribution in [2.75, 3.05) is 14.2 Å². The molecule has 0 aliphatic carbocycles. The lowest BCUT2D eigenvalue weighted by Crippen LogP contribution is -2.22. The standard InChI is InChI=1S/C16H27NO2/c1-5-7-12(8-6-2)16(17)14-10-9-13(18-3)11-15(14)19-4/h9-12,16H,5-8,17H2,1-4H3. The molecule has 19 heavy (non-hydrogen) atoms. The molecule has 0 aromatic heterocycles. The predicted octanol–water partition coefficient (Wildman–Crippen LogP) is 3.92. The van der Waals surface area contributed by atoms with Crippen molar-refractivity contribution < 1.29 is 9.47 Å². The Morgan fingerprint density at radius 2 is 1.68 bits per heavy atom. The quantitative estimate of drug-likeness (QED) is 0.774. The van der Waals surface area contributed by atoms with Crippen molar-refractivity contribution in [1.29, 1.82) is 0 Å². The van der Waals surface area contributed by atoms with E-state index in [1.165, 1.54) is 0 Å². The van der Waals surface area contributed by atoms with Crippen LogP contribution < -0.4 is 15.2 Å². The Morgan fingerprint density at radius 1 is 1.05 bits per heavy atom. The first-order valence-electron chi connectivity index (χ1n) is 7.15. The summed E-state index contributed by atoms with van der Waals surface area (Å²) in [5.41, 5.74) is 7.54. The van der Waals surface area contributed by atoms with Gasteiger partial charge in [-0.2, -0.15) is 0 Å². The number of rotatable bonds is 8. The molecular formula is C16H27NO2. The van der Waals surface area contributed by atoms with Crippen molar-refractivity contribution in [2.24, 2.45) is 11.7 Å². The third kappa shape index (κ3) is 4.13. The zero-order chi connectivity index (χ0) is 14.3. The minimum Gasteiger partial charge on any atom is -0.497 e. The molecule has 0 bridgehead atoms. The molecule has 1 unspecified atom stereocenters.